The Morgan fingerprint density at radius 1 is 1.48 bits per heavy atom. The van der Waals surface area contributed by atoms with E-state index in [1.165, 1.54) is 28.6 Å². The molecule has 0 aliphatic carbocycles. The average molecular weight is 380 g/mol. The number of carbonyl (C=O) groups is 1. The van der Waals surface area contributed by atoms with Gasteiger partial charge in [-0.3, -0.25) is 19.8 Å². The first-order chi connectivity index (χ1) is 12.0. The molecular formula is C17H18ClN3O3S. The molecule has 0 fully saturated rings. The predicted octanol–water partition coefficient (Wildman–Crippen LogP) is 4.26. The van der Waals surface area contributed by atoms with Crippen molar-refractivity contribution in [2.45, 2.75) is 25.8 Å². The van der Waals surface area contributed by atoms with Crippen LogP contribution in [0.1, 0.15) is 29.8 Å². The van der Waals surface area contributed by atoms with Crippen LogP contribution in [0.2, 0.25) is 5.02 Å². The number of nitrogens with zero attached hydrogens (tertiary/aromatic N) is 2. The largest absolute Gasteiger partial charge is 0.324 e. The van der Waals surface area contributed by atoms with E-state index in [-0.39, 0.29) is 29.2 Å². The molecule has 2 aromatic rings. The van der Waals surface area contributed by atoms with Gasteiger partial charge in [-0.15, -0.1) is 11.3 Å². The van der Waals surface area contributed by atoms with Gasteiger partial charge in [-0.2, -0.15) is 0 Å². The highest BCUT2D eigenvalue weighted by Gasteiger charge is 2.28. The number of hydrogen-bond acceptors (Lipinski definition) is 5. The zero-order chi connectivity index (χ0) is 18.0. The van der Waals surface area contributed by atoms with Gasteiger partial charge in [0.2, 0.25) is 5.91 Å². The van der Waals surface area contributed by atoms with E-state index in [4.69, 9.17) is 11.6 Å². The first kappa shape index (κ1) is 17.8. The summed E-state index contributed by atoms with van der Waals surface area (Å²) in [7, 11) is 0. The van der Waals surface area contributed by atoms with Gasteiger partial charge in [-0.25, -0.2) is 0 Å². The van der Waals surface area contributed by atoms with Crippen molar-refractivity contribution in [3.8, 4) is 0 Å². The van der Waals surface area contributed by atoms with Gasteiger partial charge in [-0.1, -0.05) is 18.5 Å². The molecule has 1 aromatic heterocycles. The van der Waals surface area contributed by atoms with E-state index < -0.39 is 4.92 Å². The monoisotopic (exact) mass is 379 g/mol. The van der Waals surface area contributed by atoms with Crippen LogP contribution in [-0.2, 0) is 11.2 Å². The van der Waals surface area contributed by atoms with E-state index in [2.05, 4.69) is 28.6 Å². The highest BCUT2D eigenvalue weighted by atomic mass is 35.5. The number of non-ortho nitro benzene ring substituents is 1. The highest BCUT2D eigenvalue weighted by Crippen LogP contribution is 2.35. The van der Waals surface area contributed by atoms with Gasteiger partial charge in [0.1, 0.15) is 0 Å². The Morgan fingerprint density at radius 2 is 2.28 bits per heavy atom. The fourth-order valence-corrected chi connectivity index (χ4v) is 4.36. The molecule has 25 heavy (non-hydrogen) atoms. The van der Waals surface area contributed by atoms with Crippen molar-refractivity contribution in [3.63, 3.8) is 0 Å². The first-order valence-corrected chi connectivity index (χ1v) is 9.29. The Hall–Kier alpha value is -1.96. The second kappa shape index (κ2) is 7.51. The smallest absolute Gasteiger partial charge is 0.271 e. The van der Waals surface area contributed by atoms with E-state index in [9.17, 15) is 14.9 Å². The number of carbonyl (C=O) groups excluding carboxylic acids is 1. The minimum Gasteiger partial charge on any atom is -0.324 e. The lowest BCUT2D eigenvalue weighted by molar-refractivity contribution is -0.384. The van der Waals surface area contributed by atoms with Crippen molar-refractivity contribution in [1.29, 1.82) is 0 Å². The van der Waals surface area contributed by atoms with Crippen molar-refractivity contribution in [3.05, 3.63) is 55.2 Å². The van der Waals surface area contributed by atoms with E-state index in [0.717, 1.165) is 19.4 Å². The third-order valence-electron chi connectivity index (χ3n) is 4.38. The SMILES string of the molecule is CCC1c2ccsc2CCN1CC(=O)Nc1ccc([N+](=O)[O-])cc1Cl. The highest BCUT2D eigenvalue weighted by molar-refractivity contribution is 7.10. The van der Waals surface area contributed by atoms with Crippen LogP contribution in [0.25, 0.3) is 0 Å². The van der Waals surface area contributed by atoms with Crippen LogP contribution in [0, 0.1) is 10.1 Å². The Labute approximate surface area is 154 Å². The Balaban J connectivity index is 1.68. The molecular weight excluding hydrogens is 362 g/mol. The number of nitrogens with one attached hydrogen (secondary N) is 1. The summed E-state index contributed by atoms with van der Waals surface area (Å²) in [5, 5.41) is 15.8. The molecule has 1 aliphatic heterocycles. The molecule has 1 N–H and O–H groups in total. The van der Waals surface area contributed by atoms with Crippen LogP contribution in [0.3, 0.4) is 0 Å². The molecule has 8 heteroatoms. The maximum atomic E-state index is 12.4. The number of fused-ring (bicyclic) bond motifs is 1. The maximum absolute atomic E-state index is 12.4. The summed E-state index contributed by atoms with van der Waals surface area (Å²) in [5.74, 6) is -0.173. The van der Waals surface area contributed by atoms with E-state index in [0.29, 0.717) is 5.69 Å². The molecule has 2 heterocycles. The molecule has 1 atom stereocenters. The summed E-state index contributed by atoms with van der Waals surface area (Å²) in [6.07, 6.45) is 1.89. The van der Waals surface area contributed by atoms with E-state index >= 15 is 0 Å². The zero-order valence-corrected chi connectivity index (χ0v) is 15.3. The zero-order valence-electron chi connectivity index (χ0n) is 13.7. The molecule has 0 saturated heterocycles. The second-order valence-corrected chi connectivity index (χ2v) is 7.32. The van der Waals surface area contributed by atoms with Crippen molar-refractivity contribution in [1.82, 2.24) is 4.90 Å². The molecule has 0 spiro atoms. The van der Waals surface area contributed by atoms with Crippen LogP contribution in [0.5, 0.6) is 0 Å². The minimum absolute atomic E-state index is 0.102. The maximum Gasteiger partial charge on any atom is 0.271 e. The number of benzene rings is 1. The number of anilines is 1. The van der Waals surface area contributed by atoms with Crippen LogP contribution in [-0.4, -0.2) is 28.8 Å². The lowest BCUT2D eigenvalue weighted by Crippen LogP contribution is -2.40. The standard InChI is InChI=1S/C17H18ClN3O3S/c1-2-15-12-6-8-25-16(12)5-7-20(15)10-17(22)19-14-4-3-11(21(23)24)9-13(14)18/h3-4,6,8-9,15H,2,5,7,10H2,1H3,(H,19,22). The van der Waals surface area contributed by atoms with Gasteiger partial charge in [-0.05, 0) is 35.9 Å². The van der Waals surface area contributed by atoms with Crippen LogP contribution < -0.4 is 5.32 Å². The Bertz CT molecular complexity index is 808. The molecule has 0 radical (unpaired) electrons. The summed E-state index contributed by atoms with van der Waals surface area (Å²) in [5.41, 5.74) is 1.61. The predicted molar refractivity (Wildman–Crippen MR) is 99.4 cm³/mol. The fraction of sp³-hybridized carbons (Fsp3) is 0.353. The average Bonchev–Trinajstić information content (AvgIpc) is 3.05. The van der Waals surface area contributed by atoms with Crippen LogP contribution in [0.4, 0.5) is 11.4 Å². The quantitative estimate of drug-likeness (QED) is 0.622. The lowest BCUT2D eigenvalue weighted by Gasteiger charge is -2.34. The third kappa shape index (κ3) is 3.84. The Morgan fingerprint density at radius 3 is 2.96 bits per heavy atom. The van der Waals surface area contributed by atoms with E-state index in [1.54, 1.807) is 11.3 Å². The third-order valence-corrected chi connectivity index (χ3v) is 5.69. The summed E-state index contributed by atoms with van der Waals surface area (Å²) >= 11 is 7.81. The molecule has 1 aromatic carbocycles. The van der Waals surface area contributed by atoms with Crippen molar-refractivity contribution < 1.29 is 9.72 Å². The number of amides is 1. The summed E-state index contributed by atoms with van der Waals surface area (Å²) in [4.78, 5) is 26.2. The number of nitro groups is 1. The number of rotatable bonds is 5. The molecule has 3 rings (SSSR count). The molecule has 0 bridgehead atoms. The summed E-state index contributed by atoms with van der Waals surface area (Å²) in [6, 6.07) is 6.42. The minimum atomic E-state index is -0.518. The van der Waals surface area contributed by atoms with Crippen molar-refractivity contribution in [2.75, 3.05) is 18.4 Å². The van der Waals surface area contributed by atoms with Gasteiger partial charge < -0.3 is 5.32 Å². The summed E-state index contributed by atoms with van der Waals surface area (Å²) in [6.45, 7) is 3.23. The molecule has 6 nitrogen and oxygen atoms in total. The molecule has 132 valence electrons. The van der Waals surface area contributed by atoms with Crippen molar-refractivity contribution in [2.24, 2.45) is 0 Å². The van der Waals surface area contributed by atoms with Gasteiger partial charge in [0, 0.05) is 29.6 Å². The topological polar surface area (TPSA) is 75.5 Å². The molecule has 0 saturated carbocycles. The number of hydrogen-bond donors (Lipinski definition) is 1. The first-order valence-electron chi connectivity index (χ1n) is 8.03. The van der Waals surface area contributed by atoms with Gasteiger partial charge in [0.15, 0.2) is 0 Å². The lowest BCUT2D eigenvalue weighted by atomic mass is 9.98. The molecule has 1 aliphatic rings. The number of halogens is 1. The molecule has 1 unspecified atom stereocenters. The second-order valence-electron chi connectivity index (χ2n) is 5.91. The van der Waals surface area contributed by atoms with Gasteiger partial charge in [0.25, 0.3) is 5.69 Å². The summed E-state index contributed by atoms with van der Waals surface area (Å²) < 4.78 is 0. The van der Waals surface area contributed by atoms with Crippen LogP contribution >= 0.6 is 22.9 Å². The Kier molecular flexibility index (Phi) is 5.36. The number of nitro benzene ring substituents is 1. The normalized spacial score (nSPS) is 17.1. The van der Waals surface area contributed by atoms with Gasteiger partial charge >= 0.3 is 0 Å². The van der Waals surface area contributed by atoms with Crippen LogP contribution in [0.15, 0.2) is 29.6 Å². The van der Waals surface area contributed by atoms with E-state index in [1.807, 2.05) is 0 Å². The molecule has 1 amide bonds. The number of thiophene rings is 1. The van der Waals surface area contributed by atoms with Crippen molar-refractivity contribution >= 4 is 40.2 Å². The van der Waals surface area contributed by atoms with Gasteiger partial charge in [0.05, 0.1) is 22.2 Å². The fourth-order valence-electron chi connectivity index (χ4n) is 3.21.